The summed E-state index contributed by atoms with van der Waals surface area (Å²) in [5.74, 6) is 3.29. The van der Waals surface area contributed by atoms with Crippen LogP contribution in [0.2, 0.25) is 0 Å². The molecule has 0 atom stereocenters. The van der Waals surface area contributed by atoms with Crippen molar-refractivity contribution in [3.63, 3.8) is 0 Å². The molecule has 0 N–H and O–H groups in total. The molecule has 2 nitrogen and oxygen atoms in total. The summed E-state index contributed by atoms with van der Waals surface area (Å²) in [6.45, 7) is 13.3. The fourth-order valence-corrected chi connectivity index (χ4v) is 4.24. The quantitative estimate of drug-likeness (QED) is 0.664. The fourth-order valence-electron chi connectivity index (χ4n) is 1.78. The Morgan fingerprint density at radius 3 is 2.00 bits per heavy atom. The highest BCUT2D eigenvalue weighted by Gasteiger charge is 2.29. The number of thioether (sulfide) groups is 2. The first-order valence-corrected chi connectivity index (χ1v) is 8.35. The fraction of sp³-hybridized carbons (Fsp3) is 0.714. The Morgan fingerprint density at radius 2 is 1.44 bits per heavy atom. The first-order valence-electron chi connectivity index (χ1n) is 6.38. The zero-order valence-corrected chi connectivity index (χ0v) is 13.8. The van der Waals surface area contributed by atoms with Gasteiger partial charge in [-0.25, -0.2) is 9.97 Å². The number of nitrogens with zero attached hydrogens (tertiary/aromatic N) is 2. The van der Waals surface area contributed by atoms with Crippen LogP contribution in [0.3, 0.4) is 0 Å². The first-order chi connectivity index (χ1) is 8.19. The summed E-state index contributed by atoms with van der Waals surface area (Å²) in [6.07, 6.45) is 0. The van der Waals surface area contributed by atoms with Crippen LogP contribution < -0.4 is 0 Å². The van der Waals surface area contributed by atoms with Crippen molar-refractivity contribution in [1.29, 1.82) is 0 Å². The van der Waals surface area contributed by atoms with Crippen molar-refractivity contribution in [2.75, 3.05) is 11.5 Å². The molecule has 100 valence electrons. The lowest BCUT2D eigenvalue weighted by molar-refractivity contribution is 0.492. The predicted molar refractivity (Wildman–Crippen MR) is 80.9 cm³/mol. The van der Waals surface area contributed by atoms with Gasteiger partial charge in [-0.15, -0.1) is 23.5 Å². The van der Waals surface area contributed by atoms with E-state index in [9.17, 15) is 0 Å². The van der Waals surface area contributed by atoms with Gasteiger partial charge in [0.1, 0.15) is 10.9 Å². The lowest BCUT2D eigenvalue weighted by atomic mass is 9.90. The summed E-state index contributed by atoms with van der Waals surface area (Å²) in [5, 5.41) is 1.19. The van der Waals surface area contributed by atoms with Crippen LogP contribution in [0.1, 0.15) is 53.1 Å². The third-order valence-electron chi connectivity index (χ3n) is 2.78. The maximum absolute atomic E-state index is 4.88. The van der Waals surface area contributed by atoms with Crippen LogP contribution in [-0.4, -0.2) is 21.5 Å². The molecular formula is C14H22N2S2. The molecule has 0 aliphatic carbocycles. The van der Waals surface area contributed by atoms with Crippen molar-refractivity contribution in [3.05, 3.63) is 11.5 Å². The number of hydrogen-bond acceptors (Lipinski definition) is 4. The van der Waals surface area contributed by atoms with Crippen molar-refractivity contribution in [3.8, 4) is 0 Å². The molecule has 4 heteroatoms. The predicted octanol–water partition coefficient (Wildman–Crippen LogP) is 4.27. The Bertz CT molecular complexity index is 456. The van der Waals surface area contributed by atoms with E-state index in [0.29, 0.717) is 0 Å². The van der Waals surface area contributed by atoms with Crippen LogP contribution in [-0.2, 0) is 10.8 Å². The summed E-state index contributed by atoms with van der Waals surface area (Å²) in [4.78, 5) is 11.0. The van der Waals surface area contributed by atoms with Gasteiger partial charge in [-0.05, 0) is 0 Å². The van der Waals surface area contributed by atoms with Gasteiger partial charge in [-0.1, -0.05) is 41.5 Å². The van der Waals surface area contributed by atoms with Crippen LogP contribution in [0.15, 0.2) is 9.92 Å². The second-order valence-corrected chi connectivity index (χ2v) is 8.92. The topological polar surface area (TPSA) is 25.8 Å². The molecular weight excluding hydrogens is 260 g/mol. The number of aromatic nitrogens is 2. The summed E-state index contributed by atoms with van der Waals surface area (Å²) in [6, 6.07) is 0. The molecule has 1 aromatic rings. The Hall–Kier alpha value is -0.220. The van der Waals surface area contributed by atoms with Gasteiger partial charge >= 0.3 is 0 Å². The number of fused-ring (bicyclic) bond motifs is 1. The SMILES string of the molecule is CC(C)(C)c1nc2c(c(C(C)(C)C)n1)SCCS2. The molecule has 0 aromatic carbocycles. The summed E-state index contributed by atoms with van der Waals surface area (Å²) >= 11 is 3.79. The molecule has 0 saturated carbocycles. The van der Waals surface area contributed by atoms with Crippen molar-refractivity contribution in [2.45, 2.75) is 62.3 Å². The molecule has 0 spiro atoms. The summed E-state index contributed by atoms with van der Waals surface area (Å²) < 4.78 is 0. The smallest absolute Gasteiger partial charge is 0.135 e. The summed E-state index contributed by atoms with van der Waals surface area (Å²) in [5.41, 5.74) is 1.31. The Balaban J connectivity index is 2.63. The van der Waals surface area contributed by atoms with Gasteiger partial charge in [0.2, 0.25) is 0 Å². The first kappa shape index (κ1) is 14.2. The molecule has 0 amide bonds. The average Bonchev–Trinajstić information content (AvgIpc) is 2.25. The number of hydrogen-bond donors (Lipinski definition) is 0. The van der Waals surface area contributed by atoms with E-state index < -0.39 is 0 Å². The Morgan fingerprint density at radius 1 is 0.833 bits per heavy atom. The second-order valence-electron chi connectivity index (χ2n) is 6.73. The van der Waals surface area contributed by atoms with Gasteiger partial charge in [0.25, 0.3) is 0 Å². The van der Waals surface area contributed by atoms with E-state index in [1.807, 2.05) is 23.5 Å². The van der Waals surface area contributed by atoms with Crippen LogP contribution in [0.25, 0.3) is 0 Å². The minimum atomic E-state index is 0.0116. The minimum absolute atomic E-state index is 0.0116. The van der Waals surface area contributed by atoms with Crippen LogP contribution in [0.5, 0.6) is 0 Å². The van der Waals surface area contributed by atoms with Crippen molar-refractivity contribution in [2.24, 2.45) is 0 Å². The molecule has 2 rings (SSSR count). The molecule has 0 bridgehead atoms. The Labute approximate surface area is 119 Å². The maximum Gasteiger partial charge on any atom is 0.135 e. The third kappa shape index (κ3) is 2.85. The molecule has 1 aliphatic heterocycles. The van der Waals surface area contributed by atoms with E-state index in [-0.39, 0.29) is 10.8 Å². The highest BCUT2D eigenvalue weighted by atomic mass is 32.2. The molecule has 2 heterocycles. The largest absolute Gasteiger partial charge is 0.236 e. The van der Waals surface area contributed by atoms with E-state index in [0.717, 1.165) is 11.6 Å². The lowest BCUT2D eigenvalue weighted by Crippen LogP contribution is -2.24. The zero-order chi connectivity index (χ0) is 13.6. The normalized spacial score (nSPS) is 16.6. The summed E-state index contributed by atoms with van der Waals surface area (Å²) in [7, 11) is 0. The van der Waals surface area contributed by atoms with Crippen LogP contribution in [0.4, 0.5) is 0 Å². The van der Waals surface area contributed by atoms with E-state index >= 15 is 0 Å². The van der Waals surface area contributed by atoms with Gasteiger partial charge in [0.15, 0.2) is 0 Å². The van der Waals surface area contributed by atoms with E-state index in [1.54, 1.807) is 0 Å². The van der Waals surface area contributed by atoms with Crippen LogP contribution >= 0.6 is 23.5 Å². The van der Waals surface area contributed by atoms with Crippen LogP contribution in [0, 0.1) is 0 Å². The second kappa shape index (κ2) is 4.71. The van der Waals surface area contributed by atoms with Gasteiger partial charge in [-0.3, -0.25) is 0 Å². The standard InChI is InChI=1S/C14H22N2S2/c1-13(2,3)10-9-11(18-8-7-17-9)16-12(15-10)14(4,5)6/h7-8H2,1-6H3. The van der Waals surface area contributed by atoms with Gasteiger partial charge in [-0.2, -0.15) is 0 Å². The minimum Gasteiger partial charge on any atom is -0.236 e. The zero-order valence-electron chi connectivity index (χ0n) is 12.1. The highest BCUT2D eigenvalue weighted by Crippen LogP contribution is 2.41. The molecule has 0 saturated heterocycles. The maximum atomic E-state index is 4.88. The van der Waals surface area contributed by atoms with E-state index in [4.69, 9.17) is 9.97 Å². The van der Waals surface area contributed by atoms with E-state index in [1.165, 1.54) is 21.4 Å². The van der Waals surface area contributed by atoms with Gasteiger partial charge in [0.05, 0.1) is 10.6 Å². The third-order valence-corrected chi connectivity index (χ3v) is 5.23. The van der Waals surface area contributed by atoms with Crippen molar-refractivity contribution < 1.29 is 0 Å². The number of rotatable bonds is 0. The molecule has 1 aliphatic rings. The monoisotopic (exact) mass is 282 g/mol. The molecule has 0 radical (unpaired) electrons. The van der Waals surface area contributed by atoms with E-state index in [2.05, 4.69) is 41.5 Å². The lowest BCUT2D eigenvalue weighted by Gasteiger charge is -2.28. The average molecular weight is 282 g/mol. The molecule has 0 fully saturated rings. The highest BCUT2D eigenvalue weighted by molar-refractivity contribution is 8.05. The molecule has 1 aromatic heterocycles. The van der Waals surface area contributed by atoms with Crippen molar-refractivity contribution >= 4 is 23.5 Å². The van der Waals surface area contributed by atoms with Crippen molar-refractivity contribution in [1.82, 2.24) is 9.97 Å². The molecule has 0 unspecified atom stereocenters. The molecule has 18 heavy (non-hydrogen) atoms. The Kier molecular flexibility index (Phi) is 3.72. The van der Waals surface area contributed by atoms with Gasteiger partial charge in [0, 0.05) is 22.3 Å². The van der Waals surface area contributed by atoms with Gasteiger partial charge < -0.3 is 0 Å².